The van der Waals surface area contributed by atoms with Crippen LogP contribution in [0.1, 0.15) is 18.2 Å². The van der Waals surface area contributed by atoms with Gasteiger partial charge >= 0.3 is 4.87 Å². The minimum absolute atomic E-state index is 0.0723. The van der Waals surface area contributed by atoms with Crippen molar-refractivity contribution >= 4 is 28.1 Å². The highest BCUT2D eigenvalue weighted by Crippen LogP contribution is 2.21. The molecule has 0 aliphatic carbocycles. The van der Waals surface area contributed by atoms with Crippen molar-refractivity contribution in [3.05, 3.63) is 56.6 Å². The molecule has 0 radical (unpaired) electrons. The van der Waals surface area contributed by atoms with E-state index in [-0.39, 0.29) is 4.87 Å². The number of benzene rings is 1. The van der Waals surface area contributed by atoms with E-state index in [1.807, 2.05) is 43.5 Å². The maximum absolute atomic E-state index is 11.9. The molecule has 3 aromatic rings. The first kappa shape index (κ1) is 13.8. The number of nitrogens with one attached hydrogen (secondary N) is 1. The standard InChI is InChI=1S/C16H17N3OS/c1-3-17-15-13(9-19-11(2)10-21-16(19)20)8-12-6-4-5-7-14(12)18-15/h4-8,10H,3,9H2,1-2H3,(H,17,18). The summed E-state index contributed by atoms with van der Waals surface area (Å²) < 4.78 is 1.79. The highest BCUT2D eigenvalue weighted by molar-refractivity contribution is 7.07. The minimum atomic E-state index is 0.0723. The number of hydrogen-bond acceptors (Lipinski definition) is 4. The van der Waals surface area contributed by atoms with Gasteiger partial charge in [0.05, 0.1) is 12.1 Å². The van der Waals surface area contributed by atoms with Gasteiger partial charge in [0.25, 0.3) is 0 Å². The number of nitrogens with zero attached hydrogens (tertiary/aromatic N) is 2. The van der Waals surface area contributed by atoms with Gasteiger partial charge in [0, 0.05) is 28.6 Å². The van der Waals surface area contributed by atoms with Crippen molar-refractivity contribution in [2.45, 2.75) is 20.4 Å². The first-order valence-corrected chi connectivity index (χ1v) is 7.84. The van der Waals surface area contributed by atoms with Crippen molar-refractivity contribution in [3.63, 3.8) is 0 Å². The lowest BCUT2D eigenvalue weighted by atomic mass is 10.1. The summed E-state index contributed by atoms with van der Waals surface area (Å²) in [5.74, 6) is 0.855. The zero-order valence-corrected chi connectivity index (χ0v) is 12.9. The summed E-state index contributed by atoms with van der Waals surface area (Å²) >= 11 is 1.24. The molecule has 5 heteroatoms. The van der Waals surface area contributed by atoms with Gasteiger partial charge < -0.3 is 5.32 Å². The lowest BCUT2D eigenvalue weighted by Crippen LogP contribution is -2.17. The second-order valence-electron chi connectivity index (χ2n) is 4.95. The molecule has 1 N–H and O–H groups in total. The molecule has 21 heavy (non-hydrogen) atoms. The average molecular weight is 299 g/mol. The summed E-state index contributed by atoms with van der Waals surface area (Å²) in [6, 6.07) is 10.2. The van der Waals surface area contributed by atoms with Crippen molar-refractivity contribution in [1.82, 2.24) is 9.55 Å². The van der Waals surface area contributed by atoms with Crippen LogP contribution in [0, 0.1) is 6.92 Å². The van der Waals surface area contributed by atoms with E-state index in [2.05, 4.69) is 16.4 Å². The Kier molecular flexibility index (Phi) is 3.75. The van der Waals surface area contributed by atoms with Gasteiger partial charge in [0.15, 0.2) is 0 Å². The number of para-hydroxylation sites is 1. The van der Waals surface area contributed by atoms with E-state index in [4.69, 9.17) is 0 Å². The number of anilines is 1. The van der Waals surface area contributed by atoms with E-state index in [0.717, 1.165) is 34.5 Å². The maximum Gasteiger partial charge on any atom is 0.307 e. The Bertz CT molecular complexity index is 835. The number of aromatic nitrogens is 2. The number of pyridine rings is 1. The molecule has 0 amide bonds. The monoisotopic (exact) mass is 299 g/mol. The Morgan fingerprint density at radius 1 is 1.33 bits per heavy atom. The predicted octanol–water partition coefficient (Wildman–Crippen LogP) is 3.25. The van der Waals surface area contributed by atoms with E-state index in [0.29, 0.717) is 6.54 Å². The summed E-state index contributed by atoms with van der Waals surface area (Å²) in [5, 5.41) is 6.28. The Hall–Kier alpha value is -2.14. The Balaban J connectivity index is 2.11. The number of thiazole rings is 1. The first-order chi connectivity index (χ1) is 10.2. The van der Waals surface area contributed by atoms with Crippen LogP contribution in [0.2, 0.25) is 0 Å². The second-order valence-corrected chi connectivity index (χ2v) is 5.77. The fraction of sp³-hybridized carbons (Fsp3) is 0.250. The Morgan fingerprint density at radius 2 is 2.14 bits per heavy atom. The molecular formula is C16H17N3OS. The van der Waals surface area contributed by atoms with Gasteiger partial charge in [0.2, 0.25) is 0 Å². The lowest BCUT2D eigenvalue weighted by Gasteiger charge is -2.12. The van der Waals surface area contributed by atoms with Crippen molar-refractivity contribution < 1.29 is 0 Å². The minimum Gasteiger partial charge on any atom is -0.370 e. The third-order valence-electron chi connectivity index (χ3n) is 3.45. The molecule has 3 rings (SSSR count). The molecule has 0 aliphatic heterocycles. The summed E-state index contributed by atoms with van der Waals surface area (Å²) in [7, 11) is 0. The van der Waals surface area contributed by atoms with Crippen LogP contribution in [0.4, 0.5) is 5.82 Å². The van der Waals surface area contributed by atoms with Gasteiger partial charge in [-0.15, -0.1) is 0 Å². The molecule has 0 spiro atoms. The van der Waals surface area contributed by atoms with E-state index < -0.39 is 0 Å². The summed E-state index contributed by atoms with van der Waals surface area (Å²) in [6.07, 6.45) is 0. The number of aryl methyl sites for hydroxylation is 1. The van der Waals surface area contributed by atoms with Crippen LogP contribution in [-0.2, 0) is 6.54 Å². The topological polar surface area (TPSA) is 46.9 Å². The first-order valence-electron chi connectivity index (χ1n) is 6.96. The third kappa shape index (κ3) is 2.69. The van der Waals surface area contributed by atoms with Crippen molar-refractivity contribution in [3.8, 4) is 0 Å². The molecule has 0 saturated carbocycles. The Morgan fingerprint density at radius 3 is 2.86 bits per heavy atom. The van der Waals surface area contributed by atoms with E-state index in [9.17, 15) is 4.79 Å². The highest BCUT2D eigenvalue weighted by Gasteiger charge is 2.10. The van der Waals surface area contributed by atoms with Crippen LogP contribution < -0.4 is 10.2 Å². The predicted molar refractivity (Wildman–Crippen MR) is 88.3 cm³/mol. The van der Waals surface area contributed by atoms with Crippen molar-refractivity contribution in [2.75, 3.05) is 11.9 Å². The fourth-order valence-corrected chi connectivity index (χ4v) is 3.10. The van der Waals surface area contributed by atoms with Crippen LogP contribution in [0.3, 0.4) is 0 Å². The van der Waals surface area contributed by atoms with Crippen LogP contribution in [-0.4, -0.2) is 16.1 Å². The summed E-state index contributed by atoms with van der Waals surface area (Å²) in [5.41, 5.74) is 2.99. The number of fused-ring (bicyclic) bond motifs is 1. The zero-order chi connectivity index (χ0) is 14.8. The molecule has 4 nitrogen and oxygen atoms in total. The molecule has 2 heterocycles. The van der Waals surface area contributed by atoms with Gasteiger partial charge in [0.1, 0.15) is 5.82 Å². The van der Waals surface area contributed by atoms with Gasteiger partial charge in [-0.3, -0.25) is 9.36 Å². The van der Waals surface area contributed by atoms with E-state index in [1.54, 1.807) is 4.57 Å². The largest absolute Gasteiger partial charge is 0.370 e. The van der Waals surface area contributed by atoms with Gasteiger partial charge in [-0.05, 0) is 26.0 Å². The molecule has 2 aromatic heterocycles. The van der Waals surface area contributed by atoms with Crippen LogP contribution >= 0.6 is 11.3 Å². The SMILES string of the molecule is CCNc1nc2ccccc2cc1Cn1c(C)csc1=O. The highest BCUT2D eigenvalue weighted by atomic mass is 32.1. The Labute approximate surface area is 127 Å². The van der Waals surface area contributed by atoms with E-state index >= 15 is 0 Å². The van der Waals surface area contributed by atoms with Crippen molar-refractivity contribution in [1.29, 1.82) is 0 Å². The van der Waals surface area contributed by atoms with Crippen LogP contribution in [0.25, 0.3) is 10.9 Å². The fourth-order valence-electron chi connectivity index (χ4n) is 2.37. The number of hydrogen-bond donors (Lipinski definition) is 1. The summed E-state index contributed by atoms with van der Waals surface area (Å²) in [6.45, 7) is 5.35. The molecule has 108 valence electrons. The molecule has 0 bridgehead atoms. The molecule has 0 fully saturated rings. The van der Waals surface area contributed by atoms with Crippen LogP contribution in [0.15, 0.2) is 40.5 Å². The van der Waals surface area contributed by atoms with E-state index in [1.165, 1.54) is 11.3 Å². The van der Waals surface area contributed by atoms with Crippen LogP contribution in [0.5, 0.6) is 0 Å². The second kappa shape index (κ2) is 5.69. The molecular weight excluding hydrogens is 282 g/mol. The third-order valence-corrected chi connectivity index (χ3v) is 4.33. The molecule has 0 saturated heterocycles. The molecule has 0 unspecified atom stereocenters. The molecule has 1 aromatic carbocycles. The smallest absolute Gasteiger partial charge is 0.307 e. The molecule has 0 aliphatic rings. The summed E-state index contributed by atoms with van der Waals surface area (Å²) in [4.78, 5) is 16.7. The molecule has 0 atom stereocenters. The normalized spacial score (nSPS) is 11.0. The number of rotatable bonds is 4. The van der Waals surface area contributed by atoms with Crippen molar-refractivity contribution in [2.24, 2.45) is 0 Å². The lowest BCUT2D eigenvalue weighted by molar-refractivity contribution is 0.754. The zero-order valence-electron chi connectivity index (χ0n) is 12.1. The van der Waals surface area contributed by atoms with Gasteiger partial charge in [-0.1, -0.05) is 29.5 Å². The van der Waals surface area contributed by atoms with Gasteiger partial charge in [-0.2, -0.15) is 0 Å². The average Bonchev–Trinajstić information content (AvgIpc) is 2.80. The van der Waals surface area contributed by atoms with Gasteiger partial charge in [-0.25, -0.2) is 4.98 Å². The quantitative estimate of drug-likeness (QED) is 0.804. The maximum atomic E-state index is 11.9.